The first-order chi connectivity index (χ1) is 16.4. The molecule has 2 amide bonds. The zero-order valence-corrected chi connectivity index (χ0v) is 21.8. The summed E-state index contributed by atoms with van der Waals surface area (Å²) < 4.78 is 11.3. The van der Waals surface area contributed by atoms with Gasteiger partial charge in [-0.3, -0.25) is 9.59 Å². The first-order valence-corrected chi connectivity index (χ1v) is 12.5. The fraction of sp³-hybridized carbons (Fsp3) is 0.462. The van der Waals surface area contributed by atoms with Gasteiger partial charge in [0.25, 0.3) is 0 Å². The van der Waals surface area contributed by atoms with Crippen LogP contribution >= 0.6 is 23.2 Å². The van der Waals surface area contributed by atoms with Crippen LogP contribution in [-0.4, -0.2) is 42.5 Å². The molecular formula is C26H34Cl2N2O4. The molecule has 186 valence electrons. The maximum atomic E-state index is 13.4. The summed E-state index contributed by atoms with van der Waals surface area (Å²) in [7, 11) is 0. The maximum Gasteiger partial charge on any atom is 0.242 e. The lowest BCUT2D eigenvalue weighted by molar-refractivity contribution is -0.141. The highest BCUT2D eigenvalue weighted by molar-refractivity contribution is 6.36. The largest absolute Gasteiger partial charge is 0.490 e. The average molecular weight is 509 g/mol. The number of hydrogen-bond acceptors (Lipinski definition) is 4. The quantitative estimate of drug-likeness (QED) is 0.378. The summed E-state index contributed by atoms with van der Waals surface area (Å²) in [6.45, 7) is 9.25. The van der Waals surface area contributed by atoms with Gasteiger partial charge < -0.3 is 19.7 Å². The van der Waals surface area contributed by atoms with E-state index in [0.29, 0.717) is 59.7 Å². The molecule has 0 saturated heterocycles. The highest BCUT2D eigenvalue weighted by atomic mass is 35.5. The van der Waals surface area contributed by atoms with E-state index in [0.717, 1.165) is 5.56 Å². The molecule has 0 bridgehead atoms. The van der Waals surface area contributed by atoms with Crippen LogP contribution in [0.1, 0.15) is 51.7 Å². The second kappa shape index (κ2) is 14.1. The number of nitrogens with zero attached hydrogens (tertiary/aromatic N) is 1. The average Bonchev–Trinajstić information content (AvgIpc) is 2.81. The third-order valence-electron chi connectivity index (χ3n) is 5.36. The standard InChI is InChI=1S/C26H34Cl2N2O4/c1-5-22(26(32)29-6-2)30(17-19-20(27)10-9-11-21(19)28)25(31)15-13-18-12-14-23(33-7-3)24(16-18)34-8-4/h9-12,14,16,22H,5-8,13,15,17H2,1-4H3,(H,29,32)/t22-/m0/s1. The molecule has 0 aliphatic heterocycles. The number of hydrogen-bond donors (Lipinski definition) is 1. The molecule has 0 aliphatic rings. The zero-order valence-electron chi connectivity index (χ0n) is 20.3. The Kier molecular flexibility index (Phi) is 11.5. The molecule has 6 nitrogen and oxygen atoms in total. The van der Waals surface area contributed by atoms with Crippen LogP contribution in [0.3, 0.4) is 0 Å². The van der Waals surface area contributed by atoms with E-state index < -0.39 is 6.04 Å². The highest BCUT2D eigenvalue weighted by Gasteiger charge is 2.29. The van der Waals surface area contributed by atoms with Gasteiger partial charge in [-0.2, -0.15) is 0 Å². The number of nitrogens with one attached hydrogen (secondary N) is 1. The molecule has 1 atom stereocenters. The van der Waals surface area contributed by atoms with Crippen molar-refractivity contribution in [1.82, 2.24) is 10.2 Å². The topological polar surface area (TPSA) is 67.9 Å². The van der Waals surface area contributed by atoms with Crippen molar-refractivity contribution >= 4 is 35.0 Å². The summed E-state index contributed by atoms with van der Waals surface area (Å²) in [4.78, 5) is 27.8. The molecule has 8 heteroatoms. The predicted molar refractivity (Wildman–Crippen MR) is 137 cm³/mol. The lowest BCUT2D eigenvalue weighted by atomic mass is 10.1. The van der Waals surface area contributed by atoms with E-state index in [9.17, 15) is 9.59 Å². The molecule has 2 aromatic carbocycles. The van der Waals surface area contributed by atoms with Crippen LogP contribution in [0, 0.1) is 0 Å². The number of halogens is 2. The molecular weight excluding hydrogens is 475 g/mol. The van der Waals surface area contributed by atoms with Gasteiger partial charge in [-0.1, -0.05) is 42.3 Å². The van der Waals surface area contributed by atoms with E-state index in [1.54, 1.807) is 23.1 Å². The Bertz CT molecular complexity index is 948. The van der Waals surface area contributed by atoms with Gasteiger partial charge in [0, 0.05) is 35.1 Å². The van der Waals surface area contributed by atoms with Gasteiger partial charge in [0.15, 0.2) is 11.5 Å². The Hall–Kier alpha value is -2.44. The first-order valence-electron chi connectivity index (χ1n) is 11.7. The third kappa shape index (κ3) is 7.54. The van der Waals surface area contributed by atoms with Crippen LogP contribution in [0.5, 0.6) is 11.5 Å². The van der Waals surface area contributed by atoms with Gasteiger partial charge in [-0.05, 0) is 63.4 Å². The fourth-order valence-electron chi connectivity index (χ4n) is 3.71. The van der Waals surface area contributed by atoms with Crippen molar-refractivity contribution in [3.8, 4) is 11.5 Å². The number of ether oxygens (including phenoxy) is 2. The molecule has 2 aromatic rings. The van der Waals surface area contributed by atoms with Gasteiger partial charge in [0.1, 0.15) is 6.04 Å². The van der Waals surface area contributed by atoms with Crippen molar-refractivity contribution in [3.05, 3.63) is 57.6 Å². The fourth-order valence-corrected chi connectivity index (χ4v) is 4.23. The Balaban J connectivity index is 2.27. The SMILES string of the molecule is CCNC(=O)[C@H](CC)N(Cc1c(Cl)cccc1Cl)C(=O)CCc1ccc(OCC)c(OCC)c1. The molecule has 0 aliphatic carbocycles. The van der Waals surface area contributed by atoms with Crippen molar-refractivity contribution in [3.63, 3.8) is 0 Å². The van der Waals surface area contributed by atoms with E-state index in [-0.39, 0.29) is 24.8 Å². The predicted octanol–water partition coefficient (Wildman–Crippen LogP) is 5.67. The van der Waals surface area contributed by atoms with Crippen molar-refractivity contribution in [2.75, 3.05) is 19.8 Å². The van der Waals surface area contributed by atoms with Gasteiger partial charge in [0.05, 0.1) is 13.2 Å². The number of aryl methyl sites for hydroxylation is 1. The molecule has 0 saturated carbocycles. The number of carbonyl (C=O) groups is 2. The summed E-state index contributed by atoms with van der Waals surface area (Å²) in [5.74, 6) is 0.988. The van der Waals surface area contributed by atoms with Crippen molar-refractivity contribution in [1.29, 1.82) is 0 Å². The number of likely N-dealkylation sites (N-methyl/N-ethyl adjacent to an activating group) is 1. The summed E-state index contributed by atoms with van der Waals surface area (Å²) in [6, 6.07) is 10.3. The number of amides is 2. The zero-order chi connectivity index (χ0) is 25.1. The van der Waals surface area contributed by atoms with Gasteiger partial charge in [0.2, 0.25) is 11.8 Å². The van der Waals surface area contributed by atoms with Crippen molar-refractivity contribution in [2.24, 2.45) is 0 Å². The van der Waals surface area contributed by atoms with Crippen LogP contribution in [0.25, 0.3) is 0 Å². The Morgan fingerprint density at radius 3 is 2.21 bits per heavy atom. The van der Waals surface area contributed by atoms with E-state index in [4.69, 9.17) is 32.7 Å². The summed E-state index contributed by atoms with van der Waals surface area (Å²) in [5.41, 5.74) is 1.57. The lowest BCUT2D eigenvalue weighted by Gasteiger charge is -2.31. The van der Waals surface area contributed by atoms with Crippen LogP contribution < -0.4 is 14.8 Å². The van der Waals surface area contributed by atoms with Gasteiger partial charge in [-0.15, -0.1) is 0 Å². The summed E-state index contributed by atoms with van der Waals surface area (Å²) in [6.07, 6.45) is 1.18. The van der Waals surface area contributed by atoms with Gasteiger partial charge in [-0.25, -0.2) is 0 Å². The smallest absolute Gasteiger partial charge is 0.242 e. The number of carbonyl (C=O) groups excluding carboxylic acids is 2. The van der Waals surface area contributed by atoms with E-state index in [2.05, 4.69) is 5.32 Å². The molecule has 1 N–H and O–H groups in total. The van der Waals surface area contributed by atoms with Crippen molar-refractivity contribution < 1.29 is 19.1 Å². The van der Waals surface area contributed by atoms with Crippen LogP contribution in [-0.2, 0) is 22.6 Å². The number of rotatable bonds is 13. The Morgan fingerprint density at radius 2 is 1.62 bits per heavy atom. The second-order valence-corrected chi connectivity index (χ2v) is 8.50. The second-order valence-electron chi connectivity index (χ2n) is 7.69. The molecule has 0 radical (unpaired) electrons. The highest BCUT2D eigenvalue weighted by Crippen LogP contribution is 2.30. The van der Waals surface area contributed by atoms with E-state index >= 15 is 0 Å². The van der Waals surface area contributed by atoms with E-state index in [1.165, 1.54) is 0 Å². The minimum Gasteiger partial charge on any atom is -0.490 e. The van der Waals surface area contributed by atoms with Crippen LogP contribution in [0.4, 0.5) is 0 Å². The first kappa shape index (κ1) is 27.8. The molecule has 0 fully saturated rings. The summed E-state index contributed by atoms with van der Waals surface area (Å²) >= 11 is 12.8. The Labute approximate surface area is 212 Å². The normalized spacial score (nSPS) is 11.6. The molecule has 2 rings (SSSR count). The monoisotopic (exact) mass is 508 g/mol. The lowest BCUT2D eigenvalue weighted by Crippen LogP contribution is -2.49. The Morgan fingerprint density at radius 1 is 0.971 bits per heavy atom. The minimum atomic E-state index is -0.626. The van der Waals surface area contributed by atoms with E-state index in [1.807, 2.05) is 45.9 Å². The minimum absolute atomic E-state index is 0.152. The molecule has 34 heavy (non-hydrogen) atoms. The summed E-state index contributed by atoms with van der Waals surface area (Å²) in [5, 5.41) is 3.76. The van der Waals surface area contributed by atoms with Crippen LogP contribution in [0.2, 0.25) is 10.0 Å². The molecule has 0 aromatic heterocycles. The molecule has 0 spiro atoms. The molecule has 0 unspecified atom stereocenters. The molecule has 0 heterocycles. The number of benzene rings is 2. The van der Waals surface area contributed by atoms with Gasteiger partial charge >= 0.3 is 0 Å². The van der Waals surface area contributed by atoms with Crippen molar-refractivity contribution in [2.45, 2.75) is 59.5 Å². The maximum absolute atomic E-state index is 13.4. The third-order valence-corrected chi connectivity index (χ3v) is 6.07. The van der Waals surface area contributed by atoms with Crippen LogP contribution in [0.15, 0.2) is 36.4 Å².